The Labute approximate surface area is 154 Å². The smallest absolute Gasteiger partial charge is 0.328 e. The maximum Gasteiger partial charge on any atom is 0.328 e. The Hall–Kier alpha value is -2.18. The molecule has 1 aromatic rings. The Balaban J connectivity index is 1.78. The molecule has 0 aliphatic carbocycles. The van der Waals surface area contributed by atoms with Crippen LogP contribution in [0, 0.1) is 0 Å². The van der Waals surface area contributed by atoms with Crippen LogP contribution in [0.1, 0.15) is 31.7 Å². The number of amides is 1. The van der Waals surface area contributed by atoms with Crippen LogP contribution in [0.5, 0.6) is 0 Å². The molecule has 2 fully saturated rings. The van der Waals surface area contributed by atoms with E-state index in [2.05, 4.69) is 11.8 Å². The number of nitrogens with zero attached hydrogens (tertiary/aromatic N) is 2. The fraction of sp³-hybridized carbons (Fsp3) is 0.500. The molecule has 26 heavy (non-hydrogen) atoms. The summed E-state index contributed by atoms with van der Waals surface area (Å²) in [6, 6.07) is 8.58. The van der Waals surface area contributed by atoms with E-state index in [1.54, 1.807) is 6.08 Å². The third kappa shape index (κ3) is 3.81. The number of carbonyl (C=O) groups is 2. The van der Waals surface area contributed by atoms with E-state index in [9.17, 15) is 14.7 Å². The molecule has 0 saturated carbocycles. The molecule has 1 N–H and O–H groups in total. The number of carboxylic acid groups (broad SMARTS) is 1. The van der Waals surface area contributed by atoms with Gasteiger partial charge in [-0.25, -0.2) is 4.79 Å². The summed E-state index contributed by atoms with van der Waals surface area (Å²) in [7, 11) is 0. The van der Waals surface area contributed by atoms with Crippen LogP contribution in [0.2, 0.25) is 0 Å². The minimum atomic E-state index is -1.01. The maximum atomic E-state index is 12.9. The van der Waals surface area contributed by atoms with Gasteiger partial charge in [0.1, 0.15) is 5.72 Å². The topological polar surface area (TPSA) is 70.1 Å². The monoisotopic (exact) mass is 358 g/mol. The van der Waals surface area contributed by atoms with Crippen LogP contribution in [0.3, 0.4) is 0 Å². The van der Waals surface area contributed by atoms with E-state index in [1.165, 1.54) is 11.0 Å². The first kappa shape index (κ1) is 18.6. The molecule has 1 spiro atoms. The number of hydrogen-bond acceptors (Lipinski definition) is 4. The molecule has 0 radical (unpaired) electrons. The zero-order chi connectivity index (χ0) is 18.6. The minimum Gasteiger partial charge on any atom is -0.480 e. The lowest BCUT2D eigenvalue weighted by atomic mass is 9.97. The molecule has 2 aliphatic rings. The van der Waals surface area contributed by atoms with E-state index in [4.69, 9.17) is 4.74 Å². The zero-order valence-electron chi connectivity index (χ0n) is 15.1. The normalized spacial score (nSPS) is 23.0. The van der Waals surface area contributed by atoms with Gasteiger partial charge < -0.3 is 14.7 Å². The van der Waals surface area contributed by atoms with E-state index < -0.39 is 17.7 Å². The van der Waals surface area contributed by atoms with Gasteiger partial charge in [0.25, 0.3) is 0 Å². The highest BCUT2D eigenvalue weighted by molar-refractivity contribution is 5.95. The van der Waals surface area contributed by atoms with Crippen LogP contribution in [0.4, 0.5) is 0 Å². The van der Waals surface area contributed by atoms with Crippen molar-refractivity contribution in [3.05, 3.63) is 42.0 Å². The van der Waals surface area contributed by atoms with Crippen LogP contribution in [-0.4, -0.2) is 64.8 Å². The first-order valence-electron chi connectivity index (χ1n) is 9.21. The molecule has 0 unspecified atom stereocenters. The van der Waals surface area contributed by atoms with Crippen LogP contribution < -0.4 is 0 Å². The molecule has 140 valence electrons. The van der Waals surface area contributed by atoms with Crippen molar-refractivity contribution in [2.75, 3.05) is 26.2 Å². The van der Waals surface area contributed by atoms with E-state index >= 15 is 0 Å². The predicted octanol–water partition coefficient (Wildman–Crippen LogP) is 2.21. The Morgan fingerprint density at radius 3 is 2.58 bits per heavy atom. The molecule has 1 aromatic carbocycles. The summed E-state index contributed by atoms with van der Waals surface area (Å²) in [5.74, 6) is -1.32. The van der Waals surface area contributed by atoms with Crippen LogP contribution in [0.25, 0.3) is 6.08 Å². The first-order valence-corrected chi connectivity index (χ1v) is 9.21. The molecular weight excluding hydrogens is 332 g/mol. The van der Waals surface area contributed by atoms with Gasteiger partial charge in [-0.1, -0.05) is 37.3 Å². The van der Waals surface area contributed by atoms with Gasteiger partial charge in [0.15, 0.2) is 6.04 Å². The van der Waals surface area contributed by atoms with Crippen molar-refractivity contribution >= 4 is 18.0 Å². The minimum absolute atomic E-state index is 0.0496. The van der Waals surface area contributed by atoms with E-state index in [0.29, 0.717) is 12.8 Å². The second kappa shape index (κ2) is 8.01. The SMILES string of the molecule is CCCN1CCC2(CC1)OC[C@@H](C(=O)O)N2C(=O)/C=C\c1ccccc1. The molecule has 6 heteroatoms. The van der Waals surface area contributed by atoms with E-state index in [0.717, 1.165) is 31.6 Å². The number of aliphatic carboxylic acids is 1. The highest BCUT2D eigenvalue weighted by Gasteiger charge is 2.53. The summed E-state index contributed by atoms with van der Waals surface area (Å²) in [6.07, 6.45) is 5.54. The Morgan fingerprint density at radius 2 is 1.96 bits per heavy atom. The Kier molecular flexibility index (Phi) is 5.74. The van der Waals surface area contributed by atoms with E-state index in [1.807, 2.05) is 30.3 Å². The van der Waals surface area contributed by atoms with Gasteiger partial charge in [0.2, 0.25) is 5.91 Å². The third-order valence-electron chi connectivity index (χ3n) is 5.18. The number of carbonyl (C=O) groups excluding carboxylic acids is 1. The Bertz CT molecular complexity index is 666. The lowest BCUT2D eigenvalue weighted by Crippen LogP contribution is -2.57. The first-order chi connectivity index (χ1) is 12.6. The van der Waals surface area contributed by atoms with E-state index in [-0.39, 0.29) is 12.5 Å². The van der Waals surface area contributed by atoms with Gasteiger partial charge in [-0.3, -0.25) is 9.69 Å². The summed E-state index contributed by atoms with van der Waals surface area (Å²) >= 11 is 0. The molecule has 2 aliphatic heterocycles. The van der Waals surface area contributed by atoms with Gasteiger partial charge in [-0.2, -0.15) is 0 Å². The highest BCUT2D eigenvalue weighted by atomic mass is 16.5. The number of carboxylic acids is 1. The second-order valence-electron chi connectivity index (χ2n) is 6.91. The van der Waals surface area contributed by atoms with Crippen molar-refractivity contribution in [1.82, 2.24) is 9.80 Å². The van der Waals surface area contributed by atoms with Gasteiger partial charge >= 0.3 is 5.97 Å². The molecule has 0 bridgehead atoms. The lowest BCUT2D eigenvalue weighted by molar-refractivity contribution is -0.162. The standard InChI is InChI=1S/C20H26N2O4/c1-2-12-21-13-10-20(11-14-21)22(17(15-26-20)19(24)25)18(23)9-8-16-6-4-3-5-7-16/h3-9,17H,2,10-15H2,1H3,(H,24,25)/b9-8-/t17-/m0/s1. The van der Waals surface area contributed by atoms with Crippen molar-refractivity contribution < 1.29 is 19.4 Å². The van der Waals surface area contributed by atoms with Gasteiger partial charge in [0, 0.05) is 32.0 Å². The summed E-state index contributed by atoms with van der Waals surface area (Å²) in [5.41, 5.74) is 0.102. The number of likely N-dealkylation sites (tertiary alicyclic amines) is 1. The van der Waals surface area contributed by atoms with Crippen LogP contribution in [0.15, 0.2) is 36.4 Å². The summed E-state index contributed by atoms with van der Waals surface area (Å²) in [4.78, 5) is 28.4. The third-order valence-corrected chi connectivity index (χ3v) is 5.18. The van der Waals surface area contributed by atoms with Crippen molar-refractivity contribution in [2.45, 2.75) is 38.0 Å². The number of ether oxygens (including phenoxy) is 1. The largest absolute Gasteiger partial charge is 0.480 e. The molecule has 6 nitrogen and oxygen atoms in total. The van der Waals surface area contributed by atoms with Crippen molar-refractivity contribution in [1.29, 1.82) is 0 Å². The van der Waals surface area contributed by atoms with Crippen molar-refractivity contribution in [2.24, 2.45) is 0 Å². The number of rotatable bonds is 5. The maximum absolute atomic E-state index is 12.9. The van der Waals surface area contributed by atoms with Crippen LogP contribution in [-0.2, 0) is 14.3 Å². The highest BCUT2D eigenvalue weighted by Crippen LogP contribution is 2.37. The molecule has 2 saturated heterocycles. The lowest BCUT2D eigenvalue weighted by Gasteiger charge is -2.44. The summed E-state index contributed by atoms with van der Waals surface area (Å²) in [5, 5.41) is 9.56. The second-order valence-corrected chi connectivity index (χ2v) is 6.91. The quantitative estimate of drug-likeness (QED) is 0.818. The molecule has 1 atom stereocenters. The summed E-state index contributed by atoms with van der Waals surface area (Å²) in [6.45, 7) is 4.83. The average Bonchev–Trinajstić information content (AvgIpc) is 3.02. The Morgan fingerprint density at radius 1 is 1.27 bits per heavy atom. The summed E-state index contributed by atoms with van der Waals surface area (Å²) < 4.78 is 5.93. The van der Waals surface area contributed by atoms with Gasteiger partial charge in [-0.05, 0) is 24.6 Å². The van der Waals surface area contributed by atoms with Crippen LogP contribution >= 0.6 is 0 Å². The van der Waals surface area contributed by atoms with Gasteiger partial charge in [0.05, 0.1) is 6.61 Å². The van der Waals surface area contributed by atoms with Gasteiger partial charge in [-0.15, -0.1) is 0 Å². The fourth-order valence-corrected chi connectivity index (χ4v) is 3.84. The zero-order valence-corrected chi connectivity index (χ0v) is 15.1. The number of piperidine rings is 1. The average molecular weight is 358 g/mol. The molecule has 2 heterocycles. The number of benzene rings is 1. The molecular formula is C20H26N2O4. The van der Waals surface area contributed by atoms with Crippen molar-refractivity contribution in [3.8, 4) is 0 Å². The molecule has 3 rings (SSSR count). The molecule has 0 aromatic heterocycles. The number of hydrogen-bond donors (Lipinski definition) is 1. The van der Waals surface area contributed by atoms with Crippen molar-refractivity contribution in [3.63, 3.8) is 0 Å². The molecule has 1 amide bonds. The predicted molar refractivity (Wildman–Crippen MR) is 98.4 cm³/mol. The fourth-order valence-electron chi connectivity index (χ4n) is 3.84.